The number of fused-ring (bicyclic) bond motifs is 1. The van der Waals surface area contributed by atoms with Crippen LogP contribution in [-0.2, 0) is 9.59 Å². The third kappa shape index (κ3) is 6.49. The number of carboxylic acid groups (broad SMARTS) is 1. The predicted molar refractivity (Wildman–Crippen MR) is 121 cm³/mol. The molecule has 0 aliphatic heterocycles. The van der Waals surface area contributed by atoms with Crippen molar-refractivity contribution in [3.63, 3.8) is 0 Å². The number of amides is 1. The van der Waals surface area contributed by atoms with Crippen LogP contribution < -0.4 is 16.5 Å². The van der Waals surface area contributed by atoms with Crippen LogP contribution in [0.3, 0.4) is 0 Å². The molecular weight excluding hydrogens is 399 g/mol. The quantitative estimate of drug-likeness (QED) is 0.295. The number of rotatable bonds is 6. The molecule has 0 radical (unpaired) electrons. The lowest BCUT2D eigenvalue weighted by Gasteiger charge is -2.14. The summed E-state index contributed by atoms with van der Waals surface area (Å²) >= 11 is 0. The van der Waals surface area contributed by atoms with Gasteiger partial charge >= 0.3 is 7.12 Å². The van der Waals surface area contributed by atoms with Crippen molar-refractivity contribution in [1.29, 1.82) is 0 Å². The molecule has 0 atom stereocenters. The fourth-order valence-electron chi connectivity index (χ4n) is 2.95. The Labute approximate surface area is 180 Å². The van der Waals surface area contributed by atoms with Gasteiger partial charge in [-0.15, -0.1) is 0 Å². The van der Waals surface area contributed by atoms with Crippen LogP contribution in [0.5, 0.6) is 0 Å². The van der Waals surface area contributed by atoms with E-state index in [1.807, 2.05) is 18.2 Å². The molecule has 0 bridgehead atoms. The van der Waals surface area contributed by atoms with E-state index in [1.165, 1.54) is 6.20 Å². The van der Waals surface area contributed by atoms with Gasteiger partial charge in [0.05, 0.1) is 17.4 Å². The van der Waals surface area contributed by atoms with E-state index in [2.05, 4.69) is 29.4 Å². The van der Waals surface area contributed by atoms with E-state index in [0.29, 0.717) is 40.3 Å². The van der Waals surface area contributed by atoms with Crippen molar-refractivity contribution >= 4 is 47.2 Å². The van der Waals surface area contributed by atoms with Gasteiger partial charge in [0.2, 0.25) is 5.91 Å². The number of hydrogen-bond acceptors (Lipinski definition) is 7. The zero-order valence-corrected chi connectivity index (χ0v) is 17.3. The van der Waals surface area contributed by atoms with E-state index in [4.69, 9.17) is 15.6 Å². The highest BCUT2D eigenvalue weighted by Crippen LogP contribution is 2.30. The molecular formula is C21H25BN4O5. The van der Waals surface area contributed by atoms with Gasteiger partial charge in [0.25, 0.3) is 6.47 Å². The maximum Gasteiger partial charge on any atom is 0.488 e. The first-order valence-corrected chi connectivity index (χ1v) is 9.65. The molecule has 31 heavy (non-hydrogen) atoms. The fourth-order valence-corrected chi connectivity index (χ4v) is 2.95. The zero-order valence-electron chi connectivity index (χ0n) is 17.3. The smallest absolute Gasteiger partial charge is 0.483 e. The SMILES string of the molecule is CC(C)CCC(=O)Nc1ccc(B(O)O)cc1-c1ccc2c(N)cnnc2c1.O=CO. The first-order valence-electron chi connectivity index (χ1n) is 9.65. The van der Waals surface area contributed by atoms with Crippen molar-refractivity contribution in [2.45, 2.75) is 26.7 Å². The Kier molecular flexibility index (Phi) is 8.47. The summed E-state index contributed by atoms with van der Waals surface area (Å²) in [5.41, 5.74) is 9.42. The van der Waals surface area contributed by atoms with Crippen LogP contribution >= 0.6 is 0 Å². The molecule has 1 amide bonds. The molecule has 0 unspecified atom stereocenters. The summed E-state index contributed by atoms with van der Waals surface area (Å²) in [6.45, 7) is 3.88. The van der Waals surface area contributed by atoms with Crippen LogP contribution in [-0.4, -0.2) is 44.8 Å². The van der Waals surface area contributed by atoms with Gasteiger partial charge in [0.1, 0.15) is 0 Å². The standard InChI is InChI=1S/C20H23BN4O3.CH2O2/c1-12(2)3-8-20(26)24-18-7-5-14(21(27)28)10-16(18)13-4-6-15-17(22)11-23-25-19(15)9-13;2-1-3/h4-7,9-12,27-28H,3,8H2,1-2H3,(H2,22,25)(H,24,26);1H,(H,2,3). The summed E-state index contributed by atoms with van der Waals surface area (Å²) in [5.74, 6) is 0.346. The average Bonchev–Trinajstić information content (AvgIpc) is 2.73. The van der Waals surface area contributed by atoms with E-state index in [-0.39, 0.29) is 12.4 Å². The molecule has 0 fully saturated rings. The van der Waals surface area contributed by atoms with Crippen molar-refractivity contribution in [1.82, 2.24) is 10.2 Å². The molecule has 0 aliphatic carbocycles. The summed E-state index contributed by atoms with van der Waals surface area (Å²) in [6.07, 6.45) is 2.70. The summed E-state index contributed by atoms with van der Waals surface area (Å²) in [7, 11) is -1.61. The molecule has 1 aromatic heterocycles. The Balaban J connectivity index is 0.00000107. The molecule has 10 heteroatoms. The topological polar surface area (TPSA) is 159 Å². The van der Waals surface area contributed by atoms with E-state index < -0.39 is 7.12 Å². The Bertz CT molecular complexity index is 1060. The van der Waals surface area contributed by atoms with Gasteiger partial charge in [-0.3, -0.25) is 9.59 Å². The molecule has 2 aromatic carbocycles. The van der Waals surface area contributed by atoms with Gasteiger partial charge < -0.3 is 26.2 Å². The first kappa shape index (κ1) is 23.8. The maximum absolute atomic E-state index is 12.3. The second-order valence-corrected chi connectivity index (χ2v) is 7.30. The number of nitrogens with zero attached hydrogens (tertiary/aromatic N) is 2. The Morgan fingerprint density at radius 2 is 1.94 bits per heavy atom. The molecule has 6 N–H and O–H groups in total. The van der Waals surface area contributed by atoms with Crippen molar-refractivity contribution in [3.8, 4) is 11.1 Å². The second kappa shape index (κ2) is 11.0. The van der Waals surface area contributed by atoms with Crippen molar-refractivity contribution in [2.24, 2.45) is 5.92 Å². The Hall–Kier alpha value is -3.50. The minimum atomic E-state index is -1.61. The third-order valence-corrected chi connectivity index (χ3v) is 4.55. The third-order valence-electron chi connectivity index (χ3n) is 4.55. The molecule has 0 aliphatic rings. The highest BCUT2D eigenvalue weighted by atomic mass is 16.4. The van der Waals surface area contributed by atoms with E-state index >= 15 is 0 Å². The lowest BCUT2D eigenvalue weighted by Crippen LogP contribution is -2.30. The minimum absolute atomic E-state index is 0.0860. The molecule has 0 spiro atoms. The van der Waals surface area contributed by atoms with E-state index in [1.54, 1.807) is 18.2 Å². The van der Waals surface area contributed by atoms with Crippen molar-refractivity contribution in [3.05, 3.63) is 42.6 Å². The number of hydrogen-bond donors (Lipinski definition) is 5. The number of anilines is 2. The first-order chi connectivity index (χ1) is 14.8. The van der Waals surface area contributed by atoms with E-state index in [0.717, 1.165) is 17.4 Å². The molecule has 162 valence electrons. The van der Waals surface area contributed by atoms with Gasteiger partial charge in [0.15, 0.2) is 0 Å². The number of carbonyl (C=O) groups excluding carboxylic acids is 1. The molecule has 3 rings (SSSR count). The molecule has 3 aromatic rings. The highest BCUT2D eigenvalue weighted by molar-refractivity contribution is 6.58. The number of nitrogens with two attached hydrogens (primary N) is 1. The molecule has 1 heterocycles. The largest absolute Gasteiger partial charge is 0.488 e. The highest BCUT2D eigenvalue weighted by Gasteiger charge is 2.16. The van der Waals surface area contributed by atoms with Crippen LogP contribution in [0.4, 0.5) is 11.4 Å². The number of carbonyl (C=O) groups is 2. The van der Waals surface area contributed by atoms with E-state index in [9.17, 15) is 14.8 Å². The zero-order chi connectivity index (χ0) is 23.0. The monoisotopic (exact) mass is 424 g/mol. The summed E-state index contributed by atoms with van der Waals surface area (Å²) in [5, 5.41) is 37.7. The Morgan fingerprint density at radius 1 is 1.23 bits per heavy atom. The molecule has 0 saturated carbocycles. The Morgan fingerprint density at radius 3 is 2.58 bits per heavy atom. The number of nitrogen functional groups attached to an aromatic ring is 1. The minimum Gasteiger partial charge on any atom is -0.483 e. The van der Waals surface area contributed by atoms with Gasteiger partial charge in [-0.25, -0.2) is 0 Å². The predicted octanol–water partition coefficient (Wildman–Crippen LogP) is 1.63. The fraction of sp³-hybridized carbons (Fsp3) is 0.238. The van der Waals surface area contributed by atoms with Crippen molar-refractivity contribution in [2.75, 3.05) is 11.1 Å². The number of nitrogens with one attached hydrogen (secondary N) is 1. The normalized spacial score (nSPS) is 10.4. The summed E-state index contributed by atoms with van der Waals surface area (Å²) in [4.78, 5) is 20.7. The lowest BCUT2D eigenvalue weighted by molar-refractivity contribution is -0.123. The van der Waals surface area contributed by atoms with Gasteiger partial charge in [-0.1, -0.05) is 32.0 Å². The average molecular weight is 424 g/mol. The van der Waals surface area contributed by atoms with Gasteiger partial charge in [0, 0.05) is 23.1 Å². The van der Waals surface area contributed by atoms with Gasteiger partial charge in [-0.05, 0) is 41.6 Å². The lowest BCUT2D eigenvalue weighted by atomic mass is 9.78. The maximum atomic E-state index is 12.3. The molecule has 9 nitrogen and oxygen atoms in total. The van der Waals surface area contributed by atoms with Crippen LogP contribution in [0.25, 0.3) is 22.0 Å². The number of aromatic nitrogens is 2. The molecule has 0 saturated heterocycles. The van der Waals surface area contributed by atoms with Crippen molar-refractivity contribution < 1.29 is 24.7 Å². The number of benzene rings is 2. The van der Waals surface area contributed by atoms with Crippen LogP contribution in [0, 0.1) is 5.92 Å². The van der Waals surface area contributed by atoms with Crippen LogP contribution in [0.2, 0.25) is 0 Å². The van der Waals surface area contributed by atoms with Crippen LogP contribution in [0.1, 0.15) is 26.7 Å². The van der Waals surface area contributed by atoms with Gasteiger partial charge in [-0.2, -0.15) is 10.2 Å². The summed E-state index contributed by atoms with van der Waals surface area (Å²) < 4.78 is 0. The van der Waals surface area contributed by atoms with Crippen LogP contribution in [0.15, 0.2) is 42.6 Å². The second-order valence-electron chi connectivity index (χ2n) is 7.30. The summed E-state index contributed by atoms with van der Waals surface area (Å²) in [6, 6.07) is 10.4.